The van der Waals surface area contributed by atoms with E-state index in [9.17, 15) is 0 Å². The summed E-state index contributed by atoms with van der Waals surface area (Å²) < 4.78 is 0. The molecule has 0 aliphatic rings. The highest BCUT2D eigenvalue weighted by Gasteiger charge is 2.00. The molecule has 0 heterocycles. The van der Waals surface area contributed by atoms with Gasteiger partial charge in [0.25, 0.3) is 0 Å². The van der Waals surface area contributed by atoms with E-state index in [1.165, 1.54) is 16.2 Å². The zero-order valence-electron chi connectivity index (χ0n) is 8.00. The Kier molecular flexibility index (Phi) is 1.90. The molecule has 15 heavy (non-hydrogen) atoms. The van der Waals surface area contributed by atoms with Gasteiger partial charge < -0.3 is 0 Å². The Morgan fingerprint density at radius 1 is 0.800 bits per heavy atom. The second kappa shape index (κ2) is 3.25. The van der Waals surface area contributed by atoms with E-state index >= 15 is 0 Å². The first-order chi connectivity index (χ1) is 7.34. The van der Waals surface area contributed by atoms with Crippen molar-refractivity contribution < 1.29 is 0 Å². The standard InChI is InChI=1S/C14H8Cl/c15-12-7-8-14-11(9-12)6-5-10-3-1-2-4-13(10)14/h1-8H. The summed E-state index contributed by atoms with van der Waals surface area (Å²) in [6.45, 7) is 0. The first kappa shape index (κ1) is 8.75. The molecule has 0 amide bonds. The molecular formula is C14H8Cl. The van der Waals surface area contributed by atoms with Crippen LogP contribution in [0.3, 0.4) is 0 Å². The van der Waals surface area contributed by atoms with Crippen molar-refractivity contribution in [3.8, 4) is 0 Å². The van der Waals surface area contributed by atoms with E-state index in [0.717, 1.165) is 5.39 Å². The molecule has 71 valence electrons. The van der Waals surface area contributed by atoms with Crippen LogP contribution in [0.25, 0.3) is 21.5 Å². The van der Waals surface area contributed by atoms with Gasteiger partial charge in [0.1, 0.15) is 0 Å². The molecule has 3 aromatic carbocycles. The largest absolute Gasteiger partial charge is 0.0836 e. The third-order valence-electron chi connectivity index (χ3n) is 2.62. The highest BCUT2D eigenvalue weighted by atomic mass is 35.5. The molecule has 0 fully saturated rings. The van der Waals surface area contributed by atoms with Crippen molar-refractivity contribution in [3.05, 3.63) is 59.6 Å². The average Bonchev–Trinajstić information content (AvgIpc) is 2.28. The van der Waals surface area contributed by atoms with Gasteiger partial charge in [0, 0.05) is 11.1 Å². The molecule has 0 aliphatic carbocycles. The number of hydrogen-bond donors (Lipinski definition) is 0. The van der Waals surface area contributed by atoms with E-state index in [4.69, 9.17) is 11.6 Å². The number of rotatable bonds is 0. The Morgan fingerprint density at radius 3 is 2.60 bits per heavy atom. The van der Waals surface area contributed by atoms with Crippen molar-refractivity contribution in [2.24, 2.45) is 0 Å². The van der Waals surface area contributed by atoms with Crippen molar-refractivity contribution in [2.75, 3.05) is 0 Å². The van der Waals surface area contributed by atoms with Gasteiger partial charge in [0.15, 0.2) is 0 Å². The molecule has 3 rings (SSSR count). The summed E-state index contributed by atoms with van der Waals surface area (Å²) in [6, 6.07) is 19.6. The fourth-order valence-corrected chi connectivity index (χ4v) is 2.08. The lowest BCUT2D eigenvalue weighted by atomic mass is 10.0. The molecule has 0 bridgehead atoms. The highest BCUT2D eigenvalue weighted by Crippen LogP contribution is 2.26. The van der Waals surface area contributed by atoms with Gasteiger partial charge in [-0.3, -0.25) is 0 Å². The Bertz CT molecular complexity index is 641. The number of benzene rings is 3. The minimum absolute atomic E-state index is 0.665. The van der Waals surface area contributed by atoms with Crippen LogP contribution in [0.4, 0.5) is 0 Å². The monoisotopic (exact) mass is 211 g/mol. The van der Waals surface area contributed by atoms with Crippen molar-refractivity contribution in [2.45, 2.75) is 0 Å². The van der Waals surface area contributed by atoms with E-state index in [-0.39, 0.29) is 0 Å². The van der Waals surface area contributed by atoms with Gasteiger partial charge in [-0.2, -0.15) is 0 Å². The molecule has 0 aromatic heterocycles. The maximum absolute atomic E-state index is 5.91. The Morgan fingerprint density at radius 2 is 1.67 bits per heavy atom. The molecule has 0 nitrogen and oxygen atoms in total. The van der Waals surface area contributed by atoms with Gasteiger partial charge in [0.2, 0.25) is 0 Å². The fourth-order valence-electron chi connectivity index (χ4n) is 1.91. The average molecular weight is 212 g/mol. The summed E-state index contributed by atoms with van der Waals surface area (Å²) in [6.07, 6.45) is 0. The van der Waals surface area contributed by atoms with Crippen LogP contribution in [0.15, 0.2) is 48.5 Å². The summed E-state index contributed by atoms with van der Waals surface area (Å²) >= 11 is 5.91. The summed E-state index contributed by atoms with van der Waals surface area (Å²) in [7, 11) is 0. The van der Waals surface area contributed by atoms with E-state index in [2.05, 4.69) is 42.5 Å². The lowest BCUT2D eigenvalue weighted by molar-refractivity contribution is 1.75. The van der Waals surface area contributed by atoms with E-state index in [1.807, 2.05) is 12.1 Å². The van der Waals surface area contributed by atoms with Crippen molar-refractivity contribution in [3.63, 3.8) is 0 Å². The van der Waals surface area contributed by atoms with Crippen LogP contribution in [0.5, 0.6) is 0 Å². The summed E-state index contributed by atoms with van der Waals surface area (Å²) in [4.78, 5) is 0. The first-order valence-electron chi connectivity index (χ1n) is 4.84. The molecule has 3 aromatic rings. The summed E-state index contributed by atoms with van der Waals surface area (Å²) in [5, 5.41) is 5.44. The Balaban J connectivity index is 2.55. The van der Waals surface area contributed by atoms with Gasteiger partial charge in [0.05, 0.1) is 0 Å². The van der Waals surface area contributed by atoms with Crippen LogP contribution in [-0.2, 0) is 0 Å². The maximum Gasteiger partial charge on any atom is 0.0491 e. The zero-order valence-corrected chi connectivity index (χ0v) is 8.75. The molecule has 0 atom stereocenters. The van der Waals surface area contributed by atoms with Gasteiger partial charge in [-0.05, 0) is 27.6 Å². The van der Waals surface area contributed by atoms with Crippen LogP contribution < -0.4 is 0 Å². The smallest absolute Gasteiger partial charge is 0.0491 e. The SMILES string of the molecule is Clc1[c]c2ccc3ccccc3c2cc1. The Hall–Kier alpha value is -1.53. The van der Waals surface area contributed by atoms with Crippen LogP contribution in [0.2, 0.25) is 5.02 Å². The first-order valence-corrected chi connectivity index (χ1v) is 5.22. The zero-order chi connectivity index (χ0) is 10.3. The van der Waals surface area contributed by atoms with E-state index in [0.29, 0.717) is 5.02 Å². The fraction of sp³-hybridized carbons (Fsp3) is 0. The van der Waals surface area contributed by atoms with Crippen LogP contribution in [0.1, 0.15) is 0 Å². The molecule has 0 saturated carbocycles. The van der Waals surface area contributed by atoms with Crippen LogP contribution >= 0.6 is 11.6 Å². The predicted octanol–water partition coefficient (Wildman–Crippen LogP) is 4.45. The quantitative estimate of drug-likeness (QED) is 0.482. The predicted molar refractivity (Wildman–Crippen MR) is 65.3 cm³/mol. The molecule has 0 saturated heterocycles. The molecule has 0 aliphatic heterocycles. The second-order valence-electron chi connectivity index (χ2n) is 3.55. The normalized spacial score (nSPS) is 11.0. The van der Waals surface area contributed by atoms with Gasteiger partial charge in [-0.1, -0.05) is 54.1 Å². The summed E-state index contributed by atoms with van der Waals surface area (Å²) in [5.41, 5.74) is 0. The molecular weight excluding hydrogens is 204 g/mol. The third-order valence-corrected chi connectivity index (χ3v) is 2.84. The second-order valence-corrected chi connectivity index (χ2v) is 3.96. The van der Waals surface area contributed by atoms with Crippen LogP contribution in [0, 0.1) is 6.07 Å². The van der Waals surface area contributed by atoms with Gasteiger partial charge in [-0.15, -0.1) is 0 Å². The number of halogens is 1. The van der Waals surface area contributed by atoms with Crippen LogP contribution in [-0.4, -0.2) is 0 Å². The molecule has 0 N–H and O–H groups in total. The molecule has 0 unspecified atom stereocenters. The Labute approximate surface area is 93.1 Å². The third kappa shape index (κ3) is 1.38. The molecule has 0 spiro atoms. The van der Waals surface area contributed by atoms with E-state index < -0.39 is 0 Å². The van der Waals surface area contributed by atoms with Crippen molar-refractivity contribution in [1.29, 1.82) is 0 Å². The molecule has 1 heteroatoms. The summed E-state index contributed by atoms with van der Waals surface area (Å²) in [5.74, 6) is 0. The van der Waals surface area contributed by atoms with E-state index in [1.54, 1.807) is 0 Å². The minimum atomic E-state index is 0.665. The number of hydrogen-bond acceptors (Lipinski definition) is 0. The van der Waals surface area contributed by atoms with Gasteiger partial charge >= 0.3 is 0 Å². The lowest BCUT2D eigenvalue weighted by Crippen LogP contribution is -1.77. The highest BCUT2D eigenvalue weighted by molar-refractivity contribution is 6.31. The number of fused-ring (bicyclic) bond motifs is 3. The topological polar surface area (TPSA) is 0 Å². The maximum atomic E-state index is 5.91. The van der Waals surface area contributed by atoms with Crippen molar-refractivity contribution >= 4 is 33.1 Å². The lowest BCUT2D eigenvalue weighted by Gasteiger charge is -2.03. The van der Waals surface area contributed by atoms with Gasteiger partial charge in [-0.25, -0.2) is 0 Å². The van der Waals surface area contributed by atoms with Crippen molar-refractivity contribution in [1.82, 2.24) is 0 Å². The molecule has 1 radical (unpaired) electrons. The minimum Gasteiger partial charge on any atom is -0.0836 e.